The Hall–Kier alpha value is -1.83. The van der Waals surface area contributed by atoms with Crippen molar-refractivity contribution in [1.29, 1.82) is 0 Å². The molecule has 0 unspecified atom stereocenters. The summed E-state index contributed by atoms with van der Waals surface area (Å²) < 4.78 is 11.8. The van der Waals surface area contributed by atoms with Crippen LogP contribution in [0.1, 0.15) is 84.0 Å². The summed E-state index contributed by atoms with van der Waals surface area (Å²) in [7, 11) is -3.45. The lowest BCUT2D eigenvalue weighted by atomic mass is 10.0. The van der Waals surface area contributed by atoms with Gasteiger partial charge in [-0.25, -0.2) is 9.97 Å². The molecule has 0 saturated heterocycles. The van der Waals surface area contributed by atoms with E-state index in [1.165, 1.54) is 127 Å². The van der Waals surface area contributed by atoms with Crippen molar-refractivity contribution in [2.45, 2.75) is 122 Å². The quantitative estimate of drug-likeness (QED) is 0.173. The number of hydrogen-bond acceptors (Lipinski definition) is 3. The molecule has 0 atom stereocenters. The highest BCUT2D eigenvalue weighted by Crippen LogP contribution is 2.46. The summed E-state index contributed by atoms with van der Waals surface area (Å²) in [5.41, 5.74) is 4.71. The Bertz CT molecular complexity index is 1590. The third-order valence-corrected chi connectivity index (χ3v) is 21.7. The molecular weight excluding hydrogens is 573 g/mol. The van der Waals surface area contributed by atoms with Crippen LogP contribution in [-0.2, 0) is 0 Å². The van der Waals surface area contributed by atoms with E-state index in [0.717, 1.165) is 29.0 Å². The molecular formula is C38H52N2SSi2. The van der Waals surface area contributed by atoms with Crippen molar-refractivity contribution in [2.24, 2.45) is 17.8 Å². The zero-order valence-electron chi connectivity index (χ0n) is 28.1. The molecule has 0 radical (unpaired) electrons. The number of aromatic nitrogens is 2. The summed E-state index contributed by atoms with van der Waals surface area (Å²) in [6.45, 7) is 9.74. The van der Waals surface area contributed by atoms with Crippen LogP contribution in [0.5, 0.6) is 0 Å². The summed E-state index contributed by atoms with van der Waals surface area (Å²) >= 11 is 2.09. The second-order valence-corrected chi connectivity index (χ2v) is 26.5. The lowest BCUT2D eigenvalue weighted by molar-refractivity contribution is 0.547. The SMILES string of the molecule is [2H]c1nc(-c2cc([Si](C)(C)C)c3ccccc3c2)c2sc([Si](CC3CCCC3)(CC3CCCC3)CC3CCCC3)c(C)c2n1. The summed E-state index contributed by atoms with van der Waals surface area (Å²) in [6, 6.07) is 18.2. The van der Waals surface area contributed by atoms with Crippen LogP contribution in [-0.4, -0.2) is 26.1 Å². The van der Waals surface area contributed by atoms with E-state index in [4.69, 9.17) is 11.3 Å². The highest BCUT2D eigenvalue weighted by molar-refractivity contribution is 7.32. The fraction of sp³-hybridized carbons (Fsp3) is 0.579. The monoisotopic (exact) mass is 625 g/mol. The third-order valence-electron chi connectivity index (χ3n) is 11.5. The van der Waals surface area contributed by atoms with Crippen LogP contribution < -0.4 is 9.69 Å². The molecule has 43 heavy (non-hydrogen) atoms. The molecule has 228 valence electrons. The Morgan fingerprint density at radius 2 is 1.35 bits per heavy atom. The van der Waals surface area contributed by atoms with Gasteiger partial charge in [0.15, 0.2) is 0 Å². The number of nitrogens with zero attached hydrogens (tertiary/aromatic N) is 2. The number of fused-ring (bicyclic) bond motifs is 2. The standard InChI is InChI=1S/C38H52N2SSi2/c1-27-35-37(36(40-26-39-35)32-21-31-19-11-12-20-33(31)34(22-32)42(2,3)4)41-38(27)43(23-28-13-5-6-14-28,24-29-15-7-8-16-29)25-30-17-9-10-18-30/h11-12,19-22,26,28-30H,5-10,13-18,23-25H2,1-4H3/i26D. The molecule has 3 saturated carbocycles. The Morgan fingerprint density at radius 3 is 1.91 bits per heavy atom. The second kappa shape index (κ2) is 12.2. The second-order valence-electron chi connectivity index (χ2n) is 15.7. The largest absolute Gasteiger partial charge is 0.235 e. The summed E-state index contributed by atoms with van der Waals surface area (Å²) in [5.74, 6) is 2.77. The molecule has 0 bridgehead atoms. The van der Waals surface area contributed by atoms with Crippen LogP contribution in [0.15, 0.2) is 42.7 Å². The van der Waals surface area contributed by atoms with Gasteiger partial charge in [-0.2, -0.15) is 0 Å². The van der Waals surface area contributed by atoms with Crippen molar-refractivity contribution in [3.05, 3.63) is 48.3 Å². The van der Waals surface area contributed by atoms with Crippen LogP contribution in [0, 0.1) is 24.7 Å². The van der Waals surface area contributed by atoms with Gasteiger partial charge in [-0.3, -0.25) is 0 Å². The number of hydrogen-bond donors (Lipinski definition) is 0. The van der Waals surface area contributed by atoms with Crippen molar-refractivity contribution in [3.8, 4) is 11.3 Å². The molecule has 3 aliphatic carbocycles. The highest BCUT2D eigenvalue weighted by Gasteiger charge is 2.45. The molecule has 2 heterocycles. The van der Waals surface area contributed by atoms with Gasteiger partial charge in [-0.1, -0.05) is 132 Å². The maximum atomic E-state index is 8.81. The Labute approximate surface area is 267 Å². The molecule has 0 amide bonds. The average molecular weight is 626 g/mol. The van der Waals surface area contributed by atoms with Gasteiger partial charge in [0.1, 0.15) is 15.7 Å². The van der Waals surface area contributed by atoms with E-state index < -0.39 is 16.1 Å². The van der Waals surface area contributed by atoms with Gasteiger partial charge in [-0.15, -0.1) is 11.3 Å². The Balaban J connectivity index is 1.42. The molecule has 0 N–H and O–H groups in total. The normalized spacial score (nSPS) is 19.8. The maximum absolute atomic E-state index is 8.81. The van der Waals surface area contributed by atoms with Gasteiger partial charge in [-0.05, 0) is 69.7 Å². The van der Waals surface area contributed by atoms with E-state index in [0.29, 0.717) is 0 Å². The van der Waals surface area contributed by atoms with Crippen molar-refractivity contribution in [1.82, 2.24) is 9.97 Å². The molecule has 3 aliphatic rings. The average Bonchev–Trinajstić information content (AvgIpc) is 3.82. The molecule has 0 aliphatic heterocycles. The van der Waals surface area contributed by atoms with Crippen LogP contribution in [0.25, 0.3) is 32.2 Å². The van der Waals surface area contributed by atoms with E-state index in [9.17, 15) is 0 Å². The minimum Gasteiger partial charge on any atom is -0.235 e. The van der Waals surface area contributed by atoms with Gasteiger partial charge in [0.05, 0.1) is 24.0 Å². The molecule has 4 aromatic rings. The predicted octanol–water partition coefficient (Wildman–Crippen LogP) is 10.6. The first kappa shape index (κ1) is 28.6. The first-order valence-corrected chi connectivity index (χ1v) is 24.5. The van der Waals surface area contributed by atoms with Gasteiger partial charge in [0, 0.05) is 5.56 Å². The minimum absolute atomic E-state index is 0.178. The van der Waals surface area contributed by atoms with E-state index in [1.54, 1.807) is 4.50 Å². The fourth-order valence-corrected chi connectivity index (χ4v) is 20.6. The van der Waals surface area contributed by atoms with E-state index in [2.05, 4.69) is 74.3 Å². The molecule has 2 aromatic carbocycles. The summed E-state index contributed by atoms with van der Waals surface area (Å²) in [4.78, 5) is 9.87. The van der Waals surface area contributed by atoms with Gasteiger partial charge in [0.2, 0.25) is 0 Å². The number of aryl methyl sites for hydroxylation is 1. The van der Waals surface area contributed by atoms with Crippen molar-refractivity contribution in [2.75, 3.05) is 0 Å². The number of benzene rings is 2. The maximum Gasteiger partial charge on any atom is 0.116 e. The van der Waals surface area contributed by atoms with Crippen LogP contribution in [0.2, 0.25) is 37.8 Å². The number of thiophene rings is 1. The van der Waals surface area contributed by atoms with Crippen molar-refractivity contribution in [3.63, 3.8) is 0 Å². The Morgan fingerprint density at radius 1 is 0.791 bits per heavy atom. The first-order chi connectivity index (χ1) is 21.2. The van der Waals surface area contributed by atoms with Gasteiger partial charge < -0.3 is 0 Å². The van der Waals surface area contributed by atoms with Crippen LogP contribution >= 0.6 is 11.3 Å². The van der Waals surface area contributed by atoms with E-state index in [1.807, 2.05) is 0 Å². The van der Waals surface area contributed by atoms with Gasteiger partial charge in [0.25, 0.3) is 0 Å². The Kier molecular flexibility index (Phi) is 8.10. The topological polar surface area (TPSA) is 25.8 Å². The molecule has 7 rings (SSSR count). The van der Waals surface area contributed by atoms with Crippen molar-refractivity contribution < 1.29 is 1.37 Å². The molecule has 5 heteroatoms. The zero-order chi connectivity index (χ0) is 30.5. The highest BCUT2D eigenvalue weighted by atomic mass is 32.1. The van der Waals surface area contributed by atoms with Crippen LogP contribution in [0.4, 0.5) is 0 Å². The molecule has 2 nitrogen and oxygen atoms in total. The lowest BCUT2D eigenvalue weighted by Gasteiger charge is -2.38. The fourth-order valence-electron chi connectivity index (χ4n) is 9.57. The van der Waals surface area contributed by atoms with Gasteiger partial charge >= 0.3 is 0 Å². The number of rotatable bonds is 9. The van der Waals surface area contributed by atoms with Crippen molar-refractivity contribution >= 4 is 58.2 Å². The summed E-state index contributed by atoms with van der Waals surface area (Å²) in [6.07, 6.45) is 17.5. The smallest absolute Gasteiger partial charge is 0.116 e. The molecule has 2 aromatic heterocycles. The van der Waals surface area contributed by atoms with Crippen LogP contribution in [0.3, 0.4) is 0 Å². The first-order valence-electron chi connectivity index (χ1n) is 18.0. The summed E-state index contributed by atoms with van der Waals surface area (Å²) in [5, 5.41) is 4.16. The van der Waals surface area contributed by atoms with E-state index in [-0.39, 0.29) is 6.30 Å². The predicted molar refractivity (Wildman–Crippen MR) is 194 cm³/mol. The lowest BCUT2D eigenvalue weighted by Crippen LogP contribution is -2.50. The third kappa shape index (κ3) is 5.95. The van der Waals surface area contributed by atoms with E-state index >= 15 is 0 Å². The zero-order valence-corrected chi connectivity index (χ0v) is 29.9. The minimum atomic E-state index is -1.82. The molecule has 0 spiro atoms. The molecule has 3 fully saturated rings.